The number of piperazine rings is 1. The van der Waals surface area contributed by atoms with Crippen LogP contribution in [0.3, 0.4) is 0 Å². The van der Waals surface area contributed by atoms with Crippen LogP contribution in [0, 0.1) is 17.3 Å². The van der Waals surface area contributed by atoms with Crippen molar-refractivity contribution in [2.45, 2.75) is 141 Å². The van der Waals surface area contributed by atoms with Gasteiger partial charge in [-0.1, -0.05) is 47.6 Å². The standard InChI is InChI=1S/C58H76F3N11O7S/c1-33(2)47-40(21-37(24-62-47)68-15-14-67-16-18-77-26-38(67)25-68)51-41-23-56(5,6)32-78-55(76)42-8-7-13-72(66-42)53(74)43(22-46-63-44(27-80-46)36-11-12-45(39(41)20-36)71(51)31-58(59,60)61)64-52(73)50(34(3)4)69-17-19-79-57(28-69)29-70(30-57)54(75)49-48(65-49)35-9-10-35/h11-12,20-21,24,27,33-35,38,42-43,48-50,65-66H,7-10,13-19,22-23,25-26,28-32H2,1-6H3,(H,64,73)/t38-,42-,43-,48+,49+,50-/m0/s1. The minimum atomic E-state index is -4.59. The van der Waals surface area contributed by atoms with Gasteiger partial charge in [-0.25, -0.2) is 10.4 Å². The van der Waals surface area contributed by atoms with Crippen molar-refractivity contribution in [2.24, 2.45) is 17.3 Å². The van der Waals surface area contributed by atoms with E-state index in [1.165, 1.54) is 33.8 Å². The number of anilines is 1. The average molecular weight is 1130 g/mol. The summed E-state index contributed by atoms with van der Waals surface area (Å²) in [6.45, 7) is 17.5. The van der Waals surface area contributed by atoms with Crippen LogP contribution in [0.2, 0.25) is 0 Å². The summed E-state index contributed by atoms with van der Waals surface area (Å²) < 4.78 is 65.2. The van der Waals surface area contributed by atoms with Crippen LogP contribution in [0.4, 0.5) is 18.9 Å². The van der Waals surface area contributed by atoms with Crippen molar-refractivity contribution in [3.05, 3.63) is 52.1 Å². The second kappa shape index (κ2) is 21.5. The number of nitrogens with zero attached hydrogens (tertiary/aromatic N) is 8. The summed E-state index contributed by atoms with van der Waals surface area (Å²) in [6.07, 6.45) is 0.755. The van der Waals surface area contributed by atoms with E-state index in [4.69, 9.17) is 24.2 Å². The number of pyridine rings is 1. The zero-order valence-corrected chi connectivity index (χ0v) is 47.6. The second-order valence-electron chi connectivity index (χ2n) is 25.3. The van der Waals surface area contributed by atoms with Crippen LogP contribution in [0.5, 0.6) is 0 Å². The maximum atomic E-state index is 15.2. The van der Waals surface area contributed by atoms with E-state index in [9.17, 15) is 19.2 Å². The number of fused-ring (bicyclic) bond motifs is 7. The predicted molar refractivity (Wildman–Crippen MR) is 296 cm³/mol. The molecule has 1 aliphatic carbocycles. The molecule has 80 heavy (non-hydrogen) atoms. The summed E-state index contributed by atoms with van der Waals surface area (Å²) in [4.78, 5) is 76.1. The van der Waals surface area contributed by atoms with E-state index in [0.717, 1.165) is 25.3 Å². The number of aromatic nitrogens is 3. The van der Waals surface area contributed by atoms with Gasteiger partial charge in [0.05, 0.1) is 85.6 Å². The minimum absolute atomic E-state index is 0.0342. The maximum absolute atomic E-state index is 15.2. The third kappa shape index (κ3) is 11.2. The molecule has 6 saturated heterocycles. The molecule has 432 valence electrons. The lowest BCUT2D eigenvalue weighted by atomic mass is 9.84. The van der Waals surface area contributed by atoms with E-state index < -0.39 is 53.7 Å². The average Bonchev–Trinajstić information content (AvgIpc) is 3.74. The Balaban J connectivity index is 0.882. The third-order valence-corrected chi connectivity index (χ3v) is 18.6. The molecule has 6 atom stereocenters. The molecule has 12 rings (SSSR count). The topological polar surface area (TPSA) is 189 Å². The molecular weight excluding hydrogens is 1050 g/mol. The number of carbonyl (C=O) groups excluding carboxylic acids is 4. The number of esters is 1. The Morgan fingerprint density at radius 1 is 0.988 bits per heavy atom. The molecule has 1 spiro atoms. The van der Waals surface area contributed by atoms with Crippen LogP contribution in [0.15, 0.2) is 35.8 Å². The van der Waals surface area contributed by atoms with Gasteiger partial charge in [-0.15, -0.1) is 11.3 Å². The maximum Gasteiger partial charge on any atom is 0.406 e. The number of nitrogens with one attached hydrogen (secondary N) is 3. The van der Waals surface area contributed by atoms with Crippen molar-refractivity contribution in [1.29, 1.82) is 0 Å². The fraction of sp³-hybridized carbons (Fsp3) is 0.655. The van der Waals surface area contributed by atoms with E-state index in [1.54, 1.807) is 12.1 Å². The molecule has 0 radical (unpaired) electrons. The van der Waals surface area contributed by atoms with E-state index >= 15 is 13.2 Å². The number of halogens is 3. The molecule has 3 amide bonds. The molecule has 7 aliphatic heterocycles. The first-order valence-electron chi connectivity index (χ1n) is 28.9. The largest absolute Gasteiger partial charge is 0.464 e. The van der Waals surface area contributed by atoms with Crippen molar-refractivity contribution in [3.8, 4) is 22.5 Å². The summed E-state index contributed by atoms with van der Waals surface area (Å²) in [5.41, 5.74) is 6.63. The number of hydrogen-bond donors (Lipinski definition) is 3. The Morgan fingerprint density at radius 3 is 2.56 bits per heavy atom. The van der Waals surface area contributed by atoms with Gasteiger partial charge in [0.2, 0.25) is 11.8 Å². The summed E-state index contributed by atoms with van der Waals surface area (Å²) in [7, 11) is 0. The van der Waals surface area contributed by atoms with E-state index in [-0.39, 0.29) is 67.8 Å². The minimum Gasteiger partial charge on any atom is -0.464 e. The number of cyclic esters (lactones) is 1. The monoisotopic (exact) mass is 1130 g/mol. The Kier molecular flexibility index (Phi) is 14.9. The number of hydrogen-bond acceptors (Lipinski definition) is 15. The summed E-state index contributed by atoms with van der Waals surface area (Å²) >= 11 is 1.34. The highest BCUT2D eigenvalue weighted by molar-refractivity contribution is 7.10. The SMILES string of the molecule is CC(C)c1ncc(N2CCN3CCOC[C@@H]3C2)cc1-c1c2c3cc(ccc3n1CC(F)(F)F)-c1csc(n1)C[C@H](NC(=O)[C@H](C(C)C)N1CCOC3(CN(C(=O)[C@@H]4N[C@@H]4C4CC4)C3)C1)C(=O)N1CCC[C@H](N1)C(=O)OCC(C)(C)C2. The molecule has 8 aliphatic rings. The first-order valence-corrected chi connectivity index (χ1v) is 29.8. The lowest BCUT2D eigenvalue weighted by Gasteiger charge is -2.55. The summed E-state index contributed by atoms with van der Waals surface area (Å²) in [6, 6.07) is 5.22. The number of morpholine rings is 2. The molecule has 7 fully saturated rings. The number of amides is 3. The van der Waals surface area contributed by atoms with Gasteiger partial charge in [0, 0.05) is 91.1 Å². The lowest BCUT2D eigenvalue weighted by Crippen LogP contribution is -2.73. The molecule has 22 heteroatoms. The van der Waals surface area contributed by atoms with Gasteiger partial charge in [0.25, 0.3) is 5.91 Å². The van der Waals surface area contributed by atoms with E-state index in [1.807, 2.05) is 70.2 Å². The predicted octanol–water partition coefficient (Wildman–Crippen LogP) is 5.37. The Labute approximate surface area is 469 Å². The van der Waals surface area contributed by atoms with Gasteiger partial charge in [-0.3, -0.25) is 44.3 Å². The first kappa shape index (κ1) is 55.3. The van der Waals surface area contributed by atoms with Crippen molar-refractivity contribution < 1.29 is 46.6 Å². The molecule has 1 saturated carbocycles. The van der Waals surface area contributed by atoms with Gasteiger partial charge in [0.15, 0.2) is 0 Å². The molecule has 3 aromatic heterocycles. The fourth-order valence-corrected chi connectivity index (χ4v) is 14.3. The number of ether oxygens (including phenoxy) is 3. The van der Waals surface area contributed by atoms with Gasteiger partial charge >= 0.3 is 12.1 Å². The molecule has 1 aromatic carbocycles. The summed E-state index contributed by atoms with van der Waals surface area (Å²) in [5.74, 6) is -0.897. The number of benzene rings is 1. The zero-order chi connectivity index (χ0) is 56.0. The number of thiazole rings is 1. The highest BCUT2D eigenvalue weighted by Crippen LogP contribution is 2.45. The van der Waals surface area contributed by atoms with Crippen molar-refractivity contribution in [2.75, 3.05) is 90.2 Å². The van der Waals surface area contributed by atoms with E-state index in [2.05, 4.69) is 30.8 Å². The van der Waals surface area contributed by atoms with Crippen LogP contribution < -0.4 is 21.0 Å². The van der Waals surface area contributed by atoms with Gasteiger partial charge < -0.3 is 33.9 Å². The highest BCUT2D eigenvalue weighted by atomic mass is 32.1. The molecule has 10 heterocycles. The van der Waals surface area contributed by atoms with Gasteiger partial charge in [-0.05, 0) is 73.6 Å². The second-order valence-corrected chi connectivity index (χ2v) is 26.2. The lowest BCUT2D eigenvalue weighted by molar-refractivity contribution is -0.197. The van der Waals surface area contributed by atoms with Crippen molar-refractivity contribution in [1.82, 2.24) is 50.3 Å². The Morgan fingerprint density at radius 2 is 1.80 bits per heavy atom. The number of likely N-dealkylation sites (tertiary alicyclic amines) is 1. The van der Waals surface area contributed by atoms with Crippen molar-refractivity contribution >= 4 is 51.6 Å². The Bertz CT molecular complexity index is 3030. The fourth-order valence-electron chi connectivity index (χ4n) is 13.5. The van der Waals surface area contributed by atoms with Crippen LogP contribution in [-0.2, 0) is 52.8 Å². The number of hydrazine groups is 1. The highest BCUT2D eigenvalue weighted by Gasteiger charge is 2.57. The molecular formula is C58H76F3N11O7S. The Hall–Kier alpha value is -5.23. The normalized spacial score (nSPS) is 27.0. The van der Waals surface area contributed by atoms with Gasteiger partial charge in [-0.2, -0.15) is 13.2 Å². The third-order valence-electron chi connectivity index (χ3n) is 17.7. The van der Waals surface area contributed by atoms with Crippen LogP contribution in [0.1, 0.15) is 89.4 Å². The van der Waals surface area contributed by atoms with Crippen LogP contribution in [0.25, 0.3) is 33.4 Å². The number of carbonyl (C=O) groups is 4. The smallest absolute Gasteiger partial charge is 0.406 e. The number of alkyl halides is 3. The van der Waals surface area contributed by atoms with Gasteiger partial charge in [0.1, 0.15) is 30.3 Å². The van der Waals surface area contributed by atoms with E-state index in [0.29, 0.717) is 121 Å². The number of rotatable bonds is 10. The molecule has 4 aromatic rings. The van der Waals surface area contributed by atoms with Crippen LogP contribution >= 0.6 is 11.3 Å². The molecule has 3 N–H and O–H groups in total. The summed E-state index contributed by atoms with van der Waals surface area (Å²) in [5, 5.41) is 11.0. The molecule has 6 bridgehead atoms. The van der Waals surface area contributed by atoms with Crippen LogP contribution in [-0.4, -0.2) is 191 Å². The van der Waals surface area contributed by atoms with Crippen molar-refractivity contribution in [3.63, 3.8) is 0 Å². The molecule has 18 nitrogen and oxygen atoms in total. The first-order chi connectivity index (χ1) is 38.2. The molecule has 0 unspecified atom stereocenters. The quantitative estimate of drug-likeness (QED) is 0.136. The zero-order valence-electron chi connectivity index (χ0n) is 46.8.